The van der Waals surface area contributed by atoms with Crippen molar-refractivity contribution in [1.29, 1.82) is 0 Å². The van der Waals surface area contributed by atoms with Crippen LogP contribution >= 0.6 is 23.7 Å². The molecule has 0 unspecified atom stereocenters. The summed E-state index contributed by atoms with van der Waals surface area (Å²) >= 11 is 1.56. The maximum absolute atomic E-state index is 13.3. The molecule has 0 fully saturated rings. The number of aromatic nitrogens is 3. The SMILES string of the molecule is Cl.O=c1c2c(-c3cccnc3)csc2ccn1CCc1ccc2cc(F)ccc2n1. The topological polar surface area (TPSA) is 47.8 Å². The van der Waals surface area contributed by atoms with Gasteiger partial charge in [0.25, 0.3) is 5.56 Å². The van der Waals surface area contributed by atoms with Gasteiger partial charge in [-0.1, -0.05) is 12.1 Å². The minimum absolute atomic E-state index is 0. The second kappa shape index (κ2) is 8.34. The highest BCUT2D eigenvalue weighted by atomic mass is 35.5. The van der Waals surface area contributed by atoms with Gasteiger partial charge in [0.05, 0.1) is 10.9 Å². The van der Waals surface area contributed by atoms with Crippen LogP contribution in [0.25, 0.3) is 32.1 Å². The number of hydrogen-bond acceptors (Lipinski definition) is 4. The molecule has 0 atom stereocenters. The summed E-state index contributed by atoms with van der Waals surface area (Å²) in [4.78, 5) is 21.9. The van der Waals surface area contributed by atoms with Crippen LogP contribution in [0.15, 0.2) is 77.3 Å². The van der Waals surface area contributed by atoms with Gasteiger partial charge in [0.15, 0.2) is 0 Å². The summed E-state index contributed by atoms with van der Waals surface area (Å²) in [6.07, 6.45) is 5.96. The van der Waals surface area contributed by atoms with Crippen molar-refractivity contribution in [1.82, 2.24) is 14.5 Å². The lowest BCUT2D eigenvalue weighted by molar-refractivity contribution is 0.629. The van der Waals surface area contributed by atoms with Gasteiger partial charge in [0, 0.05) is 63.8 Å². The molecular formula is C23H17ClFN3OS. The van der Waals surface area contributed by atoms with Gasteiger partial charge < -0.3 is 4.57 Å². The smallest absolute Gasteiger partial charge is 0.259 e. The van der Waals surface area contributed by atoms with E-state index in [1.807, 2.05) is 41.9 Å². The molecule has 1 aromatic carbocycles. The molecule has 5 aromatic rings. The Bertz CT molecular complexity index is 1400. The minimum Gasteiger partial charge on any atom is -0.315 e. The summed E-state index contributed by atoms with van der Waals surface area (Å²) in [5.41, 5.74) is 3.48. The first-order chi connectivity index (χ1) is 14.2. The van der Waals surface area contributed by atoms with Gasteiger partial charge in [-0.3, -0.25) is 14.8 Å². The molecule has 0 aliphatic heterocycles. The molecule has 150 valence electrons. The van der Waals surface area contributed by atoms with Crippen LogP contribution < -0.4 is 5.56 Å². The molecule has 0 N–H and O–H groups in total. The maximum Gasteiger partial charge on any atom is 0.259 e. The van der Waals surface area contributed by atoms with Crippen molar-refractivity contribution < 1.29 is 4.39 Å². The first kappa shape index (κ1) is 20.2. The maximum atomic E-state index is 13.3. The fourth-order valence-electron chi connectivity index (χ4n) is 3.51. The fraction of sp³-hybridized carbons (Fsp3) is 0.0870. The van der Waals surface area contributed by atoms with Gasteiger partial charge in [0.1, 0.15) is 5.82 Å². The van der Waals surface area contributed by atoms with Crippen LogP contribution in [-0.2, 0) is 13.0 Å². The van der Waals surface area contributed by atoms with Crippen LogP contribution in [0.2, 0.25) is 0 Å². The zero-order chi connectivity index (χ0) is 19.8. The van der Waals surface area contributed by atoms with E-state index in [1.165, 1.54) is 12.1 Å². The summed E-state index contributed by atoms with van der Waals surface area (Å²) in [6.45, 7) is 0.525. The number of hydrogen-bond donors (Lipinski definition) is 0. The van der Waals surface area contributed by atoms with Crippen LogP contribution in [-0.4, -0.2) is 14.5 Å². The van der Waals surface area contributed by atoms with Crippen molar-refractivity contribution in [3.8, 4) is 11.1 Å². The Kier molecular flexibility index (Phi) is 5.61. The van der Waals surface area contributed by atoms with E-state index in [-0.39, 0.29) is 23.8 Å². The standard InChI is InChI=1S/C23H16FN3OS.ClH/c24-17-4-6-20-15(12-17)3-5-18(26-20)7-10-27-11-8-21-22(23(27)28)19(14-29-21)16-2-1-9-25-13-16;/h1-6,8-9,11-14H,7,10H2;1H. The molecule has 4 heterocycles. The van der Waals surface area contributed by atoms with Crippen molar-refractivity contribution in [2.24, 2.45) is 0 Å². The number of thiophene rings is 1. The molecule has 0 aliphatic carbocycles. The summed E-state index contributed by atoms with van der Waals surface area (Å²) in [6, 6.07) is 14.1. The van der Waals surface area contributed by atoms with Gasteiger partial charge in [-0.05, 0) is 36.4 Å². The van der Waals surface area contributed by atoms with Crippen LogP contribution in [0.5, 0.6) is 0 Å². The number of benzene rings is 1. The molecule has 30 heavy (non-hydrogen) atoms. The molecule has 7 heteroatoms. The molecule has 0 aliphatic rings. The Morgan fingerprint density at radius 3 is 2.83 bits per heavy atom. The summed E-state index contributed by atoms with van der Waals surface area (Å²) in [5.74, 6) is -0.271. The van der Waals surface area contributed by atoms with E-state index in [0.29, 0.717) is 13.0 Å². The van der Waals surface area contributed by atoms with Gasteiger partial charge in [-0.2, -0.15) is 0 Å². The zero-order valence-corrected chi connectivity index (χ0v) is 17.4. The quantitative estimate of drug-likeness (QED) is 0.374. The molecule has 4 nitrogen and oxygen atoms in total. The van der Waals surface area contributed by atoms with E-state index in [2.05, 4.69) is 9.97 Å². The molecule has 0 saturated carbocycles. The van der Waals surface area contributed by atoms with Gasteiger partial charge in [-0.15, -0.1) is 23.7 Å². The normalized spacial score (nSPS) is 11.0. The lowest BCUT2D eigenvalue weighted by Gasteiger charge is -2.08. The molecule has 0 saturated heterocycles. The molecule has 0 amide bonds. The first-order valence-electron chi connectivity index (χ1n) is 9.25. The number of fused-ring (bicyclic) bond motifs is 2. The summed E-state index contributed by atoms with van der Waals surface area (Å²) in [7, 11) is 0. The van der Waals surface area contributed by atoms with Gasteiger partial charge in [0.2, 0.25) is 0 Å². The first-order valence-corrected chi connectivity index (χ1v) is 10.1. The average Bonchev–Trinajstić information content (AvgIpc) is 3.19. The van der Waals surface area contributed by atoms with Crippen molar-refractivity contribution in [3.63, 3.8) is 0 Å². The van der Waals surface area contributed by atoms with Gasteiger partial charge >= 0.3 is 0 Å². The van der Waals surface area contributed by atoms with Gasteiger partial charge in [-0.25, -0.2) is 4.39 Å². The van der Waals surface area contributed by atoms with Crippen LogP contribution in [0, 0.1) is 5.82 Å². The zero-order valence-electron chi connectivity index (χ0n) is 15.8. The fourth-order valence-corrected chi connectivity index (χ4v) is 4.46. The molecular weight excluding hydrogens is 421 g/mol. The van der Waals surface area contributed by atoms with E-state index >= 15 is 0 Å². The number of nitrogens with zero attached hydrogens (tertiary/aromatic N) is 3. The van der Waals surface area contributed by atoms with E-state index in [4.69, 9.17) is 0 Å². The highest BCUT2D eigenvalue weighted by Gasteiger charge is 2.12. The van der Waals surface area contributed by atoms with Crippen molar-refractivity contribution >= 4 is 44.7 Å². The van der Waals surface area contributed by atoms with Crippen LogP contribution in [0.4, 0.5) is 4.39 Å². The molecule has 5 rings (SSSR count). The van der Waals surface area contributed by atoms with Crippen molar-refractivity contribution in [2.45, 2.75) is 13.0 Å². The summed E-state index contributed by atoms with van der Waals surface area (Å²) in [5, 5.41) is 3.51. The lowest BCUT2D eigenvalue weighted by atomic mass is 10.1. The monoisotopic (exact) mass is 437 g/mol. The van der Waals surface area contributed by atoms with E-state index < -0.39 is 0 Å². The van der Waals surface area contributed by atoms with Crippen LogP contribution in [0.1, 0.15) is 5.69 Å². The summed E-state index contributed by atoms with van der Waals surface area (Å²) < 4.78 is 16.0. The Balaban J connectivity index is 0.00000218. The largest absolute Gasteiger partial charge is 0.315 e. The molecule has 0 bridgehead atoms. The predicted molar refractivity (Wildman–Crippen MR) is 122 cm³/mol. The third-order valence-electron chi connectivity index (χ3n) is 4.99. The Hall–Kier alpha value is -3.09. The third-order valence-corrected chi connectivity index (χ3v) is 5.94. The molecule has 4 aromatic heterocycles. The Morgan fingerprint density at radius 1 is 1.10 bits per heavy atom. The number of pyridine rings is 3. The third kappa shape index (κ3) is 3.72. The van der Waals surface area contributed by atoms with E-state index in [0.717, 1.165) is 37.8 Å². The Morgan fingerprint density at radius 2 is 2.00 bits per heavy atom. The number of halogens is 2. The number of aryl methyl sites for hydroxylation is 2. The molecule has 0 radical (unpaired) electrons. The predicted octanol–water partition coefficient (Wildman–Crippen LogP) is 5.48. The average molecular weight is 438 g/mol. The molecule has 0 spiro atoms. The number of rotatable bonds is 4. The highest BCUT2D eigenvalue weighted by Crippen LogP contribution is 2.31. The lowest BCUT2D eigenvalue weighted by Crippen LogP contribution is -2.20. The second-order valence-corrected chi connectivity index (χ2v) is 7.75. The van der Waals surface area contributed by atoms with Crippen molar-refractivity contribution in [3.05, 3.63) is 94.4 Å². The Labute approximate surface area is 182 Å². The van der Waals surface area contributed by atoms with E-state index in [9.17, 15) is 9.18 Å². The van der Waals surface area contributed by atoms with Crippen LogP contribution in [0.3, 0.4) is 0 Å². The minimum atomic E-state index is -0.271. The van der Waals surface area contributed by atoms with E-state index in [1.54, 1.807) is 34.4 Å². The van der Waals surface area contributed by atoms with Crippen molar-refractivity contribution in [2.75, 3.05) is 0 Å². The highest BCUT2D eigenvalue weighted by molar-refractivity contribution is 7.17. The second-order valence-electron chi connectivity index (χ2n) is 6.83.